The molecule has 21 heavy (non-hydrogen) atoms. The van der Waals surface area contributed by atoms with Gasteiger partial charge in [0.25, 0.3) is 0 Å². The highest BCUT2D eigenvalue weighted by Crippen LogP contribution is 2.41. The summed E-state index contributed by atoms with van der Waals surface area (Å²) in [6.45, 7) is 10.2. The van der Waals surface area contributed by atoms with E-state index in [-0.39, 0.29) is 0 Å². The zero-order valence-electron chi connectivity index (χ0n) is 14.6. The monoisotopic (exact) mass is 317 g/mol. The van der Waals surface area contributed by atoms with E-state index < -0.39 is 9.84 Å². The Hall–Kier alpha value is -0.0900. The number of hydrogen-bond donors (Lipinski definition) is 1. The molecule has 4 heteroatoms. The van der Waals surface area contributed by atoms with Crippen LogP contribution in [0.1, 0.15) is 66.2 Å². The molecule has 1 rings (SSSR count). The molecule has 3 nitrogen and oxygen atoms in total. The molecule has 0 amide bonds. The fraction of sp³-hybridized carbons (Fsp3) is 1.00. The summed E-state index contributed by atoms with van der Waals surface area (Å²) in [6, 6.07) is 0.376. The molecule has 0 bridgehead atoms. The van der Waals surface area contributed by atoms with Crippen LogP contribution in [0.4, 0.5) is 0 Å². The lowest BCUT2D eigenvalue weighted by Crippen LogP contribution is -2.40. The van der Waals surface area contributed by atoms with Crippen molar-refractivity contribution in [3.63, 3.8) is 0 Å². The molecule has 0 radical (unpaired) electrons. The number of rotatable bonds is 7. The van der Waals surface area contributed by atoms with E-state index in [0.29, 0.717) is 23.1 Å². The molecule has 1 aliphatic rings. The molecule has 0 aromatic heterocycles. The highest BCUT2D eigenvalue weighted by atomic mass is 32.2. The maximum atomic E-state index is 11.4. The molecule has 1 atom stereocenters. The fourth-order valence-corrected chi connectivity index (χ4v) is 4.24. The van der Waals surface area contributed by atoms with Crippen LogP contribution in [-0.2, 0) is 9.84 Å². The summed E-state index contributed by atoms with van der Waals surface area (Å²) in [5.41, 5.74) is 0.407. The fourth-order valence-electron chi connectivity index (χ4n) is 3.56. The van der Waals surface area contributed by atoms with Crippen LogP contribution in [0.3, 0.4) is 0 Å². The Labute approximate surface area is 132 Å². The van der Waals surface area contributed by atoms with Gasteiger partial charge in [0.1, 0.15) is 9.84 Å². The van der Waals surface area contributed by atoms with Crippen LogP contribution in [0.15, 0.2) is 0 Å². The van der Waals surface area contributed by atoms with Crippen LogP contribution in [0.25, 0.3) is 0 Å². The third-order valence-electron chi connectivity index (χ3n) is 5.02. The number of nitrogens with one attached hydrogen (secondary N) is 1. The second-order valence-electron chi connectivity index (χ2n) is 7.96. The first-order chi connectivity index (χ1) is 9.63. The van der Waals surface area contributed by atoms with Crippen molar-refractivity contribution in [1.82, 2.24) is 5.32 Å². The van der Waals surface area contributed by atoms with Gasteiger partial charge < -0.3 is 5.32 Å². The van der Waals surface area contributed by atoms with Crippen LogP contribution in [0.5, 0.6) is 0 Å². The van der Waals surface area contributed by atoms with Crippen molar-refractivity contribution in [1.29, 1.82) is 0 Å². The topological polar surface area (TPSA) is 46.2 Å². The van der Waals surface area contributed by atoms with Crippen molar-refractivity contribution >= 4 is 9.84 Å². The predicted molar refractivity (Wildman–Crippen MR) is 91.3 cm³/mol. The summed E-state index contributed by atoms with van der Waals surface area (Å²) < 4.78 is 22.9. The summed E-state index contributed by atoms with van der Waals surface area (Å²) >= 11 is 0. The molecule has 1 N–H and O–H groups in total. The van der Waals surface area contributed by atoms with Crippen molar-refractivity contribution < 1.29 is 8.42 Å². The molecule has 0 saturated heterocycles. The minimum Gasteiger partial charge on any atom is -0.314 e. The smallest absolute Gasteiger partial charge is 0.147 e. The Balaban J connectivity index is 2.55. The molecular formula is C17H35NO2S. The summed E-state index contributed by atoms with van der Waals surface area (Å²) in [5, 5.41) is 3.60. The second kappa shape index (κ2) is 7.96. The first kappa shape index (κ1) is 19.0. The molecule has 1 fully saturated rings. The zero-order chi connectivity index (χ0) is 16.1. The number of hydrogen-bond acceptors (Lipinski definition) is 3. The molecule has 0 heterocycles. The largest absolute Gasteiger partial charge is 0.314 e. The Morgan fingerprint density at radius 1 is 1.14 bits per heavy atom. The van der Waals surface area contributed by atoms with E-state index in [9.17, 15) is 8.42 Å². The highest BCUT2D eigenvalue weighted by molar-refractivity contribution is 7.90. The van der Waals surface area contributed by atoms with Crippen molar-refractivity contribution in [3.8, 4) is 0 Å². The van der Waals surface area contributed by atoms with E-state index in [4.69, 9.17) is 0 Å². The van der Waals surface area contributed by atoms with Gasteiger partial charge in [-0.25, -0.2) is 8.42 Å². The maximum absolute atomic E-state index is 11.4. The van der Waals surface area contributed by atoms with Gasteiger partial charge in [0.15, 0.2) is 0 Å². The molecule has 0 aliphatic heterocycles. The van der Waals surface area contributed by atoms with Gasteiger partial charge in [-0.15, -0.1) is 0 Å². The van der Waals surface area contributed by atoms with Crippen LogP contribution < -0.4 is 5.32 Å². The standard InChI is InChI=1S/C17H35NO2S/c1-6-12-18-16(11-13-21(5,19)20)14-7-9-15(10-8-14)17(2,3)4/h14-16,18H,6-13H2,1-5H3. The van der Waals surface area contributed by atoms with E-state index >= 15 is 0 Å². The average Bonchev–Trinajstić information content (AvgIpc) is 2.37. The lowest BCUT2D eigenvalue weighted by atomic mass is 9.68. The quantitative estimate of drug-likeness (QED) is 0.780. The van der Waals surface area contributed by atoms with Crippen molar-refractivity contribution in [2.24, 2.45) is 17.3 Å². The Morgan fingerprint density at radius 3 is 2.14 bits per heavy atom. The van der Waals surface area contributed by atoms with Crippen LogP contribution >= 0.6 is 0 Å². The predicted octanol–water partition coefficient (Wildman–Crippen LogP) is 3.64. The first-order valence-electron chi connectivity index (χ1n) is 8.54. The summed E-state index contributed by atoms with van der Waals surface area (Å²) in [6.07, 6.45) is 8.28. The third-order valence-corrected chi connectivity index (χ3v) is 6.00. The molecule has 0 aromatic rings. The second-order valence-corrected chi connectivity index (χ2v) is 10.2. The van der Waals surface area contributed by atoms with Crippen molar-refractivity contribution in [2.45, 2.75) is 72.3 Å². The maximum Gasteiger partial charge on any atom is 0.147 e. The van der Waals surface area contributed by atoms with Crippen LogP contribution in [-0.4, -0.2) is 33.0 Å². The summed E-state index contributed by atoms with van der Waals surface area (Å²) in [7, 11) is -2.86. The van der Waals surface area contributed by atoms with Crippen molar-refractivity contribution in [2.75, 3.05) is 18.6 Å². The molecule has 1 saturated carbocycles. The van der Waals surface area contributed by atoms with Crippen molar-refractivity contribution in [3.05, 3.63) is 0 Å². The molecule has 1 unspecified atom stereocenters. The third kappa shape index (κ3) is 7.14. The Morgan fingerprint density at radius 2 is 1.71 bits per heavy atom. The van der Waals surface area contributed by atoms with Crippen LogP contribution in [0.2, 0.25) is 0 Å². The molecular weight excluding hydrogens is 282 g/mol. The minimum absolute atomic E-state index is 0.313. The van der Waals surface area contributed by atoms with Gasteiger partial charge in [-0.1, -0.05) is 27.7 Å². The minimum atomic E-state index is -2.86. The molecule has 0 aromatic carbocycles. The van der Waals surface area contributed by atoms with E-state index in [1.165, 1.54) is 31.9 Å². The van der Waals surface area contributed by atoms with E-state index in [0.717, 1.165) is 25.3 Å². The summed E-state index contributed by atoms with van der Waals surface area (Å²) in [5.74, 6) is 1.78. The van der Waals surface area contributed by atoms with Crippen LogP contribution in [0, 0.1) is 17.3 Å². The highest BCUT2D eigenvalue weighted by Gasteiger charge is 2.32. The van der Waals surface area contributed by atoms with Gasteiger partial charge in [-0.05, 0) is 62.3 Å². The van der Waals surface area contributed by atoms with Gasteiger partial charge in [0.05, 0.1) is 5.75 Å². The SMILES string of the molecule is CCCNC(CCS(C)(=O)=O)C1CCC(C(C)(C)C)CC1. The van der Waals surface area contributed by atoms with Gasteiger partial charge in [-0.3, -0.25) is 0 Å². The van der Waals surface area contributed by atoms with Gasteiger partial charge in [-0.2, -0.15) is 0 Å². The zero-order valence-corrected chi connectivity index (χ0v) is 15.4. The van der Waals surface area contributed by atoms with Gasteiger partial charge in [0, 0.05) is 12.3 Å². The average molecular weight is 318 g/mol. The van der Waals surface area contributed by atoms with Gasteiger partial charge >= 0.3 is 0 Å². The van der Waals surface area contributed by atoms with E-state index in [1.54, 1.807) is 0 Å². The van der Waals surface area contributed by atoms with Gasteiger partial charge in [0.2, 0.25) is 0 Å². The lowest BCUT2D eigenvalue weighted by molar-refractivity contribution is 0.131. The lowest BCUT2D eigenvalue weighted by Gasteiger charge is -2.39. The first-order valence-corrected chi connectivity index (χ1v) is 10.6. The summed E-state index contributed by atoms with van der Waals surface area (Å²) in [4.78, 5) is 0. The molecule has 126 valence electrons. The number of sulfone groups is 1. The van der Waals surface area contributed by atoms with E-state index in [2.05, 4.69) is 33.0 Å². The Kier molecular flexibility index (Phi) is 7.18. The Bertz CT molecular complexity index is 390. The van der Waals surface area contributed by atoms with E-state index in [1.807, 2.05) is 0 Å². The molecule has 1 aliphatic carbocycles. The normalized spacial score (nSPS) is 25.8. The molecule has 0 spiro atoms.